The van der Waals surface area contributed by atoms with Gasteiger partial charge >= 0.3 is 23.6 Å². The van der Waals surface area contributed by atoms with E-state index >= 15 is 0 Å². The highest BCUT2D eigenvalue weighted by Gasteiger charge is 2.43. The van der Waals surface area contributed by atoms with Crippen LogP contribution in [0.2, 0.25) is 0 Å². The molecule has 15 nitrogen and oxygen atoms in total. The lowest BCUT2D eigenvalue weighted by Gasteiger charge is -2.39. The molecule has 59 heavy (non-hydrogen) atoms. The van der Waals surface area contributed by atoms with E-state index in [1.165, 1.54) is 18.4 Å². The molecular weight excluding hydrogens is 761 g/mol. The van der Waals surface area contributed by atoms with Crippen molar-refractivity contribution in [2.45, 2.75) is 65.1 Å². The van der Waals surface area contributed by atoms with Crippen molar-refractivity contribution < 1.29 is 42.8 Å². The van der Waals surface area contributed by atoms with Gasteiger partial charge in [0.25, 0.3) is 5.56 Å². The number of hydrogen-bond donors (Lipinski definition) is 1. The number of rotatable bonds is 15. The van der Waals surface area contributed by atoms with Crippen molar-refractivity contribution >= 4 is 28.9 Å². The minimum atomic E-state index is -1.52. The van der Waals surface area contributed by atoms with E-state index in [1.54, 1.807) is 50.6 Å². The van der Waals surface area contributed by atoms with E-state index in [0.29, 0.717) is 39.2 Å². The van der Waals surface area contributed by atoms with Crippen LogP contribution in [0.1, 0.15) is 48.6 Å². The minimum absolute atomic E-state index is 0.115. The Bertz CT molecular complexity index is 2500. The Labute approximate surface area is 339 Å². The maximum atomic E-state index is 13.1. The van der Waals surface area contributed by atoms with Gasteiger partial charge in [0.1, 0.15) is 17.1 Å². The number of aromatic amines is 1. The number of H-pyrrole nitrogens is 1. The Kier molecular flexibility index (Phi) is 12.5. The maximum Gasteiger partial charge on any atom is 0.349 e. The van der Waals surface area contributed by atoms with E-state index in [9.17, 15) is 24.0 Å². The zero-order chi connectivity index (χ0) is 42.4. The predicted molar refractivity (Wildman–Crippen MR) is 215 cm³/mol. The minimum Gasteiger partial charge on any atom is -0.497 e. The summed E-state index contributed by atoms with van der Waals surface area (Å²) in [5, 5.41) is 0. The van der Waals surface area contributed by atoms with Gasteiger partial charge in [0.15, 0.2) is 29.8 Å². The lowest BCUT2D eigenvalue weighted by Crippen LogP contribution is -2.50. The summed E-state index contributed by atoms with van der Waals surface area (Å²) in [7, 11) is 3.12. The Morgan fingerprint density at radius 1 is 0.695 bits per heavy atom. The molecule has 2 aliphatic rings. The number of carbonyl (C=O) groups excluding carboxylic acids is 3. The van der Waals surface area contributed by atoms with E-state index in [2.05, 4.69) is 15.0 Å². The first-order valence-corrected chi connectivity index (χ1v) is 18.7. The molecule has 4 aromatic carbocycles. The molecule has 306 valence electrons. The van der Waals surface area contributed by atoms with E-state index in [4.69, 9.17) is 28.4 Å². The highest BCUT2D eigenvalue weighted by atomic mass is 16.6. The molecular formula is C44H44N4O11. The molecule has 0 unspecified atom stereocenters. The van der Waals surface area contributed by atoms with Crippen LogP contribution in [-0.2, 0) is 45.5 Å². The second kappa shape index (κ2) is 17.7. The molecule has 6 rings (SSSR count). The molecule has 0 bridgehead atoms. The van der Waals surface area contributed by atoms with Gasteiger partial charge in [-0.15, -0.1) is 0 Å². The number of benzene rings is 4. The van der Waals surface area contributed by atoms with Crippen molar-refractivity contribution in [3.05, 3.63) is 140 Å². The number of hydrogen-bond acceptors (Lipinski definition) is 13. The second-order valence-electron chi connectivity index (χ2n) is 13.9. The van der Waals surface area contributed by atoms with Crippen LogP contribution in [0.15, 0.2) is 101 Å². The van der Waals surface area contributed by atoms with Gasteiger partial charge in [-0.25, -0.2) is 9.78 Å². The van der Waals surface area contributed by atoms with E-state index in [0.717, 1.165) is 18.1 Å². The number of ether oxygens (including phenoxy) is 6. The third-order valence-electron chi connectivity index (χ3n) is 9.89. The second-order valence-corrected chi connectivity index (χ2v) is 13.9. The van der Waals surface area contributed by atoms with Crippen molar-refractivity contribution in [1.29, 1.82) is 0 Å². The topological polar surface area (TPSA) is 187 Å². The van der Waals surface area contributed by atoms with E-state index in [1.807, 2.05) is 68.4 Å². The molecule has 0 fully saturated rings. The van der Waals surface area contributed by atoms with Crippen molar-refractivity contribution in [2.75, 3.05) is 20.8 Å². The average Bonchev–Trinajstić information content (AvgIpc) is 3.21. The van der Waals surface area contributed by atoms with Crippen molar-refractivity contribution in [1.82, 2.24) is 19.5 Å². The zero-order valence-corrected chi connectivity index (χ0v) is 33.6. The van der Waals surface area contributed by atoms with Gasteiger partial charge < -0.3 is 33.0 Å². The fourth-order valence-corrected chi connectivity index (χ4v) is 7.11. The van der Waals surface area contributed by atoms with Crippen LogP contribution in [0, 0.1) is 13.8 Å². The number of aryl methyl sites for hydroxylation is 2. The van der Waals surface area contributed by atoms with Gasteiger partial charge in [-0.1, -0.05) is 54.6 Å². The summed E-state index contributed by atoms with van der Waals surface area (Å²) in [6.07, 6.45) is -4.36. The van der Waals surface area contributed by atoms with Crippen LogP contribution < -0.4 is 20.7 Å². The van der Waals surface area contributed by atoms with Crippen LogP contribution >= 0.6 is 0 Å². The first-order valence-electron chi connectivity index (χ1n) is 18.7. The number of fused-ring (bicyclic) bond motifs is 2. The highest BCUT2D eigenvalue weighted by molar-refractivity contribution is 5.81. The van der Waals surface area contributed by atoms with E-state index in [-0.39, 0.29) is 18.1 Å². The van der Waals surface area contributed by atoms with Gasteiger partial charge in [0, 0.05) is 20.8 Å². The molecule has 0 aromatic heterocycles. The normalized spacial score (nSPS) is 13.0. The molecule has 0 saturated carbocycles. The van der Waals surface area contributed by atoms with Crippen LogP contribution in [0.5, 0.6) is 11.5 Å². The SMILES string of the molecule is COc1ccc(C(OC[C@H](OC(C)=O)[C@@H](OC(C)=O)[C@@H](Cn2c3nc(=O)[nH]c(=O)c-3nc3cc(C)c(C)cc32)OC(C)=O)(c2ccccc2)c2ccc(OC)cc2)cc1. The molecule has 0 aliphatic carbocycles. The quantitative estimate of drug-likeness (QED) is 0.0632. The number of esters is 3. The number of methoxy groups -OCH3 is 2. The number of nitrogens with one attached hydrogen (secondary N) is 1. The molecule has 0 spiro atoms. The smallest absolute Gasteiger partial charge is 0.349 e. The average molecular weight is 805 g/mol. The summed E-state index contributed by atoms with van der Waals surface area (Å²) in [5.74, 6) is -1.23. The zero-order valence-electron chi connectivity index (χ0n) is 33.6. The number of carbonyl (C=O) groups is 3. The Morgan fingerprint density at radius 3 is 1.76 bits per heavy atom. The van der Waals surface area contributed by atoms with Crippen LogP contribution in [0.4, 0.5) is 0 Å². The molecule has 1 N–H and O–H groups in total. The molecule has 2 aliphatic heterocycles. The van der Waals surface area contributed by atoms with Gasteiger partial charge in [0.2, 0.25) is 0 Å². The summed E-state index contributed by atoms with van der Waals surface area (Å²) >= 11 is 0. The van der Waals surface area contributed by atoms with Gasteiger partial charge in [0.05, 0.1) is 38.4 Å². The largest absolute Gasteiger partial charge is 0.497 e. The summed E-state index contributed by atoms with van der Waals surface area (Å²) in [5.41, 5.74) is 1.29. The summed E-state index contributed by atoms with van der Waals surface area (Å²) in [6, 6.07) is 27.5. The predicted octanol–water partition coefficient (Wildman–Crippen LogP) is 5.02. The first kappa shape index (κ1) is 41.8. The van der Waals surface area contributed by atoms with Crippen LogP contribution in [0.3, 0.4) is 0 Å². The molecule has 3 atom stereocenters. The lowest BCUT2D eigenvalue weighted by atomic mass is 9.80. The Morgan fingerprint density at radius 2 is 1.22 bits per heavy atom. The van der Waals surface area contributed by atoms with Gasteiger partial charge in [-0.2, -0.15) is 4.98 Å². The summed E-state index contributed by atoms with van der Waals surface area (Å²) < 4.78 is 37.2. The molecule has 0 radical (unpaired) electrons. The third-order valence-corrected chi connectivity index (χ3v) is 9.89. The molecule has 4 aromatic rings. The molecule has 15 heteroatoms. The molecule has 0 saturated heterocycles. The first-order chi connectivity index (χ1) is 28.2. The van der Waals surface area contributed by atoms with Gasteiger partial charge in [-0.05, 0) is 78.1 Å². The van der Waals surface area contributed by atoms with Crippen molar-refractivity contribution in [3.8, 4) is 23.0 Å². The van der Waals surface area contributed by atoms with Crippen LogP contribution in [0.25, 0.3) is 22.6 Å². The lowest BCUT2D eigenvalue weighted by molar-refractivity contribution is -0.192. The van der Waals surface area contributed by atoms with Crippen molar-refractivity contribution in [2.24, 2.45) is 0 Å². The number of nitrogens with zero attached hydrogens (tertiary/aromatic N) is 3. The molecule has 0 amide bonds. The molecule has 2 heterocycles. The fourth-order valence-electron chi connectivity index (χ4n) is 7.11. The standard InChI is InChI=1S/C44H44N4O11/c1-25-21-35-36(22-26(25)2)48(41-39(45-35)42(52)47-43(53)46-41)23-37(57-27(3)49)40(59-29(5)51)38(58-28(4)50)24-56-44(30-11-9-8-10-12-30,31-13-17-33(54-6)18-14-31)32-15-19-34(55-7)20-16-32/h8-22,37-38,40H,23-24H2,1-7H3,(H,47,52,53)/t37-,38+,40+/m1/s1. The van der Waals surface area contributed by atoms with Crippen molar-refractivity contribution in [3.63, 3.8) is 0 Å². The van der Waals surface area contributed by atoms with E-state index < -0.39 is 59.7 Å². The highest BCUT2D eigenvalue weighted by Crippen LogP contribution is 2.42. The van der Waals surface area contributed by atoms with Crippen LogP contribution in [-0.4, -0.2) is 76.6 Å². The Balaban J connectivity index is 1.54. The Hall–Kier alpha value is -6.87. The third kappa shape index (κ3) is 9.00. The summed E-state index contributed by atoms with van der Waals surface area (Å²) in [6.45, 7) is 6.50. The maximum absolute atomic E-state index is 13.1. The monoisotopic (exact) mass is 804 g/mol. The number of aromatic nitrogens is 4. The fraction of sp³-hybridized carbons (Fsp3) is 0.295. The van der Waals surface area contributed by atoms with Gasteiger partial charge in [-0.3, -0.25) is 24.2 Å². The summed E-state index contributed by atoms with van der Waals surface area (Å²) in [4.78, 5) is 75.4.